The second-order valence-electron chi connectivity index (χ2n) is 7.11. The van der Waals surface area contributed by atoms with Gasteiger partial charge in [-0.1, -0.05) is 36.4 Å². The summed E-state index contributed by atoms with van der Waals surface area (Å²) in [5, 5.41) is 0. The van der Waals surface area contributed by atoms with Crippen molar-refractivity contribution in [3.63, 3.8) is 0 Å². The zero-order valence-corrected chi connectivity index (χ0v) is 16.9. The number of methoxy groups -OCH3 is 1. The van der Waals surface area contributed by atoms with E-state index in [9.17, 15) is 9.59 Å². The monoisotopic (exact) mass is 406 g/mol. The van der Waals surface area contributed by atoms with E-state index in [0.717, 1.165) is 15.3 Å². The molecule has 0 aliphatic carbocycles. The molecule has 0 spiro atoms. The zero-order chi connectivity index (χ0) is 20.4. The molecule has 2 aromatic carbocycles. The molecule has 29 heavy (non-hydrogen) atoms. The second-order valence-corrected chi connectivity index (χ2v) is 8.28. The van der Waals surface area contributed by atoms with Crippen LogP contribution in [0, 0.1) is 0 Å². The number of nitrogens with zero attached hydrogens (tertiary/aromatic N) is 1. The van der Waals surface area contributed by atoms with E-state index in [1.54, 1.807) is 23.5 Å². The molecule has 1 atom stereocenters. The molecule has 0 radical (unpaired) electrons. The molecule has 0 saturated heterocycles. The quantitative estimate of drug-likeness (QED) is 0.657. The van der Waals surface area contributed by atoms with E-state index in [1.165, 1.54) is 18.2 Å². The minimum atomic E-state index is -0.558. The van der Waals surface area contributed by atoms with Gasteiger partial charge in [-0.2, -0.15) is 0 Å². The molecule has 1 aliphatic heterocycles. The summed E-state index contributed by atoms with van der Waals surface area (Å²) >= 11 is 1.61. The molecule has 6 heteroatoms. The fraction of sp³-hybridized carbons (Fsp3) is 0.217. The van der Waals surface area contributed by atoms with Crippen LogP contribution in [0.3, 0.4) is 0 Å². The Hall–Kier alpha value is -2.96. The summed E-state index contributed by atoms with van der Waals surface area (Å²) in [5.74, 6) is -0.365. The van der Waals surface area contributed by atoms with Crippen molar-refractivity contribution < 1.29 is 14.3 Å². The summed E-state index contributed by atoms with van der Waals surface area (Å²) in [6.07, 6.45) is 0.511. The van der Waals surface area contributed by atoms with Crippen LogP contribution in [0.4, 0.5) is 0 Å². The van der Waals surface area contributed by atoms with Gasteiger partial charge in [0.1, 0.15) is 0 Å². The van der Waals surface area contributed by atoms with E-state index in [2.05, 4.69) is 12.1 Å². The number of thiophene rings is 1. The predicted octanol–water partition coefficient (Wildman–Crippen LogP) is 3.61. The third-order valence-electron chi connectivity index (χ3n) is 5.14. The summed E-state index contributed by atoms with van der Waals surface area (Å²) in [4.78, 5) is 28.3. The lowest BCUT2D eigenvalue weighted by Crippen LogP contribution is -2.42. The van der Waals surface area contributed by atoms with E-state index in [4.69, 9.17) is 10.5 Å². The van der Waals surface area contributed by atoms with E-state index >= 15 is 0 Å². The number of amides is 1. The minimum Gasteiger partial charge on any atom is -0.465 e. The summed E-state index contributed by atoms with van der Waals surface area (Å²) in [6, 6.07) is 18.9. The predicted molar refractivity (Wildman–Crippen MR) is 113 cm³/mol. The Kier molecular flexibility index (Phi) is 5.47. The molecule has 1 amide bonds. The normalized spacial score (nSPS) is 13.8. The van der Waals surface area contributed by atoms with Gasteiger partial charge < -0.3 is 15.4 Å². The zero-order valence-electron chi connectivity index (χ0n) is 16.1. The van der Waals surface area contributed by atoms with Crippen molar-refractivity contribution in [2.75, 3.05) is 7.11 Å². The lowest BCUT2D eigenvalue weighted by molar-refractivity contribution is -0.133. The summed E-state index contributed by atoms with van der Waals surface area (Å²) < 4.78 is 4.73. The number of nitrogens with two attached hydrogens (primary N) is 1. The van der Waals surface area contributed by atoms with Gasteiger partial charge in [0.2, 0.25) is 5.91 Å². The molecule has 1 aromatic heterocycles. The lowest BCUT2D eigenvalue weighted by Gasteiger charge is -2.20. The molecule has 2 heterocycles. The van der Waals surface area contributed by atoms with Crippen molar-refractivity contribution >= 4 is 23.2 Å². The molecular formula is C23H22N2O3S. The number of benzene rings is 2. The number of hydrogen-bond donors (Lipinski definition) is 1. The van der Waals surface area contributed by atoms with Gasteiger partial charge in [0.05, 0.1) is 18.7 Å². The third-order valence-corrected chi connectivity index (χ3v) is 6.30. The Morgan fingerprint density at radius 3 is 2.31 bits per heavy atom. The molecule has 0 saturated carbocycles. The fourth-order valence-electron chi connectivity index (χ4n) is 3.56. The van der Waals surface area contributed by atoms with Crippen LogP contribution >= 0.6 is 11.3 Å². The molecule has 3 aromatic rings. The van der Waals surface area contributed by atoms with Crippen molar-refractivity contribution in [2.24, 2.45) is 5.73 Å². The Morgan fingerprint density at radius 2 is 1.69 bits per heavy atom. The summed E-state index contributed by atoms with van der Waals surface area (Å²) in [5.41, 5.74) is 10.2. The number of ether oxygens (including phenoxy) is 1. The number of carbonyl (C=O) groups excluding carboxylic acids is 2. The maximum atomic E-state index is 12.8. The van der Waals surface area contributed by atoms with Crippen LogP contribution in [-0.2, 0) is 29.0 Å². The van der Waals surface area contributed by atoms with Gasteiger partial charge in [-0.15, -0.1) is 11.3 Å². The Morgan fingerprint density at radius 1 is 1.03 bits per heavy atom. The SMILES string of the molecule is COC(=O)c1ccc(-c2ccc(C[C@@H](N)C(=O)N3Cc4ccccc4C3)s2)cc1. The van der Waals surface area contributed by atoms with Gasteiger partial charge in [-0.3, -0.25) is 4.79 Å². The van der Waals surface area contributed by atoms with Crippen molar-refractivity contribution in [2.45, 2.75) is 25.6 Å². The van der Waals surface area contributed by atoms with Crippen LogP contribution in [0.15, 0.2) is 60.7 Å². The Bertz CT molecular complexity index is 1020. The van der Waals surface area contributed by atoms with Crippen LogP contribution in [0.1, 0.15) is 26.4 Å². The van der Waals surface area contributed by atoms with Gasteiger partial charge in [0, 0.05) is 29.3 Å². The molecule has 0 unspecified atom stereocenters. The number of carbonyl (C=O) groups is 2. The van der Waals surface area contributed by atoms with Gasteiger partial charge in [-0.05, 0) is 41.0 Å². The van der Waals surface area contributed by atoms with Gasteiger partial charge in [0.15, 0.2) is 0 Å². The maximum Gasteiger partial charge on any atom is 0.337 e. The highest BCUT2D eigenvalue weighted by molar-refractivity contribution is 7.15. The molecule has 1 aliphatic rings. The third kappa shape index (κ3) is 4.09. The van der Waals surface area contributed by atoms with Crippen molar-refractivity contribution in [3.05, 3.63) is 82.2 Å². The molecule has 0 fully saturated rings. The van der Waals surface area contributed by atoms with Gasteiger partial charge in [-0.25, -0.2) is 4.79 Å². The maximum absolute atomic E-state index is 12.8. The molecule has 148 valence electrons. The standard InChI is InChI=1S/C23H22N2O3S/c1-28-23(27)16-8-6-15(7-9-16)21-11-10-19(29-21)12-20(24)22(26)25-13-17-4-2-3-5-18(17)14-25/h2-11,20H,12-14,24H2,1H3/t20-/m1/s1. The summed E-state index contributed by atoms with van der Waals surface area (Å²) in [6.45, 7) is 1.26. The van der Waals surface area contributed by atoms with Crippen LogP contribution < -0.4 is 5.73 Å². The van der Waals surface area contributed by atoms with Crippen LogP contribution in [-0.4, -0.2) is 29.9 Å². The first-order valence-corrected chi connectivity index (χ1v) is 10.3. The molecular weight excluding hydrogens is 384 g/mol. The van der Waals surface area contributed by atoms with Gasteiger partial charge >= 0.3 is 5.97 Å². The minimum absolute atomic E-state index is 0.0152. The first-order valence-electron chi connectivity index (χ1n) is 9.44. The van der Waals surface area contributed by atoms with Crippen molar-refractivity contribution in [1.29, 1.82) is 0 Å². The van der Waals surface area contributed by atoms with Crippen molar-refractivity contribution in [1.82, 2.24) is 4.90 Å². The second kappa shape index (κ2) is 8.19. The van der Waals surface area contributed by atoms with Crippen LogP contribution in [0.25, 0.3) is 10.4 Å². The van der Waals surface area contributed by atoms with E-state index in [1.807, 2.05) is 41.3 Å². The first-order chi connectivity index (χ1) is 14.0. The largest absolute Gasteiger partial charge is 0.465 e. The summed E-state index contributed by atoms with van der Waals surface area (Å²) in [7, 11) is 1.37. The number of esters is 1. The highest BCUT2D eigenvalue weighted by atomic mass is 32.1. The highest BCUT2D eigenvalue weighted by Gasteiger charge is 2.27. The Balaban J connectivity index is 1.40. The van der Waals surface area contributed by atoms with E-state index in [0.29, 0.717) is 25.1 Å². The average Bonchev–Trinajstić information content (AvgIpc) is 3.39. The average molecular weight is 407 g/mol. The molecule has 4 rings (SSSR count). The fourth-order valence-corrected chi connectivity index (χ4v) is 4.63. The van der Waals surface area contributed by atoms with Gasteiger partial charge in [0.25, 0.3) is 0 Å². The van der Waals surface area contributed by atoms with Crippen molar-refractivity contribution in [3.8, 4) is 10.4 Å². The van der Waals surface area contributed by atoms with Crippen LogP contribution in [0.5, 0.6) is 0 Å². The van der Waals surface area contributed by atoms with Crippen LogP contribution in [0.2, 0.25) is 0 Å². The first kappa shape index (κ1) is 19.4. The van der Waals surface area contributed by atoms with E-state index < -0.39 is 6.04 Å². The topological polar surface area (TPSA) is 72.6 Å². The number of hydrogen-bond acceptors (Lipinski definition) is 5. The Labute approximate surface area is 173 Å². The molecule has 0 bridgehead atoms. The number of fused-ring (bicyclic) bond motifs is 1. The van der Waals surface area contributed by atoms with E-state index in [-0.39, 0.29) is 11.9 Å². The smallest absolute Gasteiger partial charge is 0.337 e. The molecule has 5 nitrogen and oxygen atoms in total. The lowest BCUT2D eigenvalue weighted by atomic mass is 10.1. The number of rotatable bonds is 5. The highest BCUT2D eigenvalue weighted by Crippen LogP contribution is 2.30. The molecule has 2 N–H and O–H groups in total.